The lowest BCUT2D eigenvalue weighted by Crippen LogP contribution is -2.21. The number of benzene rings is 1. The highest BCUT2D eigenvalue weighted by molar-refractivity contribution is 7.19. The molecule has 0 spiro atoms. The van der Waals surface area contributed by atoms with Gasteiger partial charge >= 0.3 is 5.00 Å². The summed E-state index contributed by atoms with van der Waals surface area (Å²) in [6.07, 6.45) is 0. The summed E-state index contributed by atoms with van der Waals surface area (Å²) in [4.78, 5) is 35.8. The molecule has 0 atom stereocenters. The first-order chi connectivity index (χ1) is 13.3. The van der Waals surface area contributed by atoms with Crippen molar-refractivity contribution < 1.29 is 14.5 Å². The van der Waals surface area contributed by atoms with E-state index in [1.54, 1.807) is 12.1 Å². The topological polar surface area (TPSA) is 117 Å². The van der Waals surface area contributed by atoms with Gasteiger partial charge in [-0.15, -0.1) is 10.2 Å². The molecule has 0 radical (unpaired) electrons. The molecule has 0 unspecified atom stereocenters. The summed E-state index contributed by atoms with van der Waals surface area (Å²) in [6, 6.07) is 6.55. The largest absolute Gasteiger partial charge is 0.372 e. The molecule has 0 aliphatic rings. The zero-order valence-corrected chi connectivity index (χ0v) is 16.9. The summed E-state index contributed by atoms with van der Waals surface area (Å²) in [5.41, 5.74) is 1.91. The predicted molar refractivity (Wildman–Crippen MR) is 109 cm³/mol. The second-order valence-electron chi connectivity index (χ2n) is 5.87. The highest BCUT2D eigenvalue weighted by Gasteiger charge is 2.19. The lowest BCUT2D eigenvalue weighted by Gasteiger charge is -2.22. The van der Waals surface area contributed by atoms with Crippen molar-refractivity contribution in [2.45, 2.75) is 27.7 Å². The number of Topliss-reactive ketones (excluding diaryl/α,β-unsaturated/α-hetero) is 1. The molecular weight excluding hydrogens is 382 g/mol. The standard InChI is InChI=1S/C18H21N5O4S/c1-5-22(6-2)13-7-8-15(16(9-13)19-12(4)25)20-21-18-14(11(3)24)10-17(28-18)23(26)27/h7-10H,5-6H2,1-4H3,(H,19,25)/b21-20+. The van der Waals surface area contributed by atoms with Crippen LogP contribution < -0.4 is 10.2 Å². The fraction of sp³-hybridized carbons (Fsp3) is 0.333. The van der Waals surface area contributed by atoms with E-state index in [1.165, 1.54) is 19.9 Å². The molecule has 1 aromatic heterocycles. The molecule has 0 saturated carbocycles. The lowest BCUT2D eigenvalue weighted by molar-refractivity contribution is -0.380. The molecule has 28 heavy (non-hydrogen) atoms. The van der Waals surface area contributed by atoms with Gasteiger partial charge in [-0.3, -0.25) is 19.7 Å². The van der Waals surface area contributed by atoms with Gasteiger partial charge in [-0.1, -0.05) is 0 Å². The van der Waals surface area contributed by atoms with Gasteiger partial charge in [-0.05, 0) is 50.3 Å². The summed E-state index contributed by atoms with van der Waals surface area (Å²) in [7, 11) is 0. The second-order valence-corrected chi connectivity index (χ2v) is 6.88. The molecule has 2 rings (SSSR count). The monoisotopic (exact) mass is 403 g/mol. The molecule has 1 amide bonds. The first kappa shape index (κ1) is 21.2. The molecule has 0 aliphatic heterocycles. The number of azo groups is 1. The third-order valence-electron chi connectivity index (χ3n) is 3.93. The quantitative estimate of drug-likeness (QED) is 0.285. The normalized spacial score (nSPS) is 10.9. The Labute approximate surface area is 166 Å². The molecule has 1 aromatic carbocycles. The maximum Gasteiger partial charge on any atom is 0.326 e. The van der Waals surface area contributed by atoms with Gasteiger partial charge in [0.1, 0.15) is 5.69 Å². The number of ketones is 1. The molecule has 1 N–H and O–H groups in total. The first-order valence-corrected chi connectivity index (χ1v) is 9.45. The van der Waals surface area contributed by atoms with Gasteiger partial charge in [0, 0.05) is 31.8 Å². The number of amides is 1. The average molecular weight is 403 g/mol. The molecule has 2 aromatic rings. The van der Waals surface area contributed by atoms with E-state index in [4.69, 9.17) is 0 Å². The number of carbonyl (C=O) groups is 2. The number of hydrogen-bond acceptors (Lipinski definition) is 8. The van der Waals surface area contributed by atoms with Crippen molar-refractivity contribution in [2.75, 3.05) is 23.3 Å². The van der Waals surface area contributed by atoms with Crippen molar-refractivity contribution in [2.24, 2.45) is 10.2 Å². The van der Waals surface area contributed by atoms with Gasteiger partial charge in [0.25, 0.3) is 0 Å². The molecule has 0 bridgehead atoms. The van der Waals surface area contributed by atoms with Gasteiger partial charge < -0.3 is 10.2 Å². The summed E-state index contributed by atoms with van der Waals surface area (Å²) in [6.45, 7) is 8.37. The van der Waals surface area contributed by atoms with Crippen molar-refractivity contribution in [3.8, 4) is 0 Å². The van der Waals surface area contributed by atoms with E-state index >= 15 is 0 Å². The number of thiophene rings is 1. The van der Waals surface area contributed by atoms with Crippen molar-refractivity contribution in [1.82, 2.24) is 0 Å². The maximum atomic E-state index is 11.7. The Morgan fingerprint density at radius 1 is 1.18 bits per heavy atom. The maximum absolute atomic E-state index is 11.7. The first-order valence-electron chi connectivity index (χ1n) is 8.64. The number of nitrogens with one attached hydrogen (secondary N) is 1. The Morgan fingerprint density at radius 3 is 2.39 bits per heavy atom. The van der Waals surface area contributed by atoms with Crippen LogP contribution in [0, 0.1) is 10.1 Å². The van der Waals surface area contributed by atoms with E-state index in [-0.39, 0.29) is 27.3 Å². The van der Waals surface area contributed by atoms with Gasteiger partial charge in [0.2, 0.25) is 5.91 Å². The summed E-state index contributed by atoms with van der Waals surface area (Å²) < 4.78 is 0. The Kier molecular flexibility index (Phi) is 6.94. The second kappa shape index (κ2) is 9.18. The van der Waals surface area contributed by atoms with E-state index in [2.05, 4.69) is 20.4 Å². The molecule has 148 valence electrons. The van der Waals surface area contributed by atoms with E-state index in [0.29, 0.717) is 11.4 Å². The molecule has 10 heteroatoms. The van der Waals surface area contributed by atoms with Crippen LogP contribution in [0.15, 0.2) is 34.5 Å². The Morgan fingerprint density at radius 2 is 1.86 bits per heavy atom. The number of hydrogen-bond donors (Lipinski definition) is 1. The summed E-state index contributed by atoms with van der Waals surface area (Å²) >= 11 is 0.774. The van der Waals surface area contributed by atoms with Crippen LogP contribution in [-0.2, 0) is 4.79 Å². The number of anilines is 2. The van der Waals surface area contributed by atoms with Crippen molar-refractivity contribution in [1.29, 1.82) is 0 Å². The number of nitrogens with zero attached hydrogens (tertiary/aromatic N) is 4. The lowest BCUT2D eigenvalue weighted by atomic mass is 10.2. The number of carbonyl (C=O) groups excluding carboxylic acids is 2. The highest BCUT2D eigenvalue weighted by Crippen LogP contribution is 2.38. The average Bonchev–Trinajstić information content (AvgIpc) is 3.06. The molecule has 9 nitrogen and oxygen atoms in total. The van der Waals surface area contributed by atoms with Crippen molar-refractivity contribution in [3.63, 3.8) is 0 Å². The Balaban J connectivity index is 2.46. The minimum atomic E-state index is -0.572. The van der Waals surface area contributed by atoms with Gasteiger partial charge in [-0.2, -0.15) is 0 Å². The third-order valence-corrected chi connectivity index (χ3v) is 4.90. The van der Waals surface area contributed by atoms with Gasteiger partial charge in [0.05, 0.1) is 16.2 Å². The number of rotatable bonds is 8. The predicted octanol–water partition coefficient (Wildman–Crippen LogP) is 5.08. The van der Waals surface area contributed by atoms with Crippen LogP contribution in [0.3, 0.4) is 0 Å². The van der Waals surface area contributed by atoms with Crippen molar-refractivity contribution in [3.05, 3.63) is 39.9 Å². The molecular formula is C18H21N5O4S. The zero-order valence-electron chi connectivity index (χ0n) is 16.1. The molecule has 0 saturated heterocycles. The fourth-order valence-electron chi connectivity index (χ4n) is 2.57. The van der Waals surface area contributed by atoms with E-state index < -0.39 is 4.92 Å². The van der Waals surface area contributed by atoms with E-state index in [0.717, 1.165) is 30.1 Å². The van der Waals surface area contributed by atoms with Crippen LogP contribution in [-0.4, -0.2) is 29.7 Å². The zero-order chi connectivity index (χ0) is 20.8. The van der Waals surface area contributed by atoms with Crippen LogP contribution in [0.4, 0.5) is 27.1 Å². The Hall–Kier alpha value is -3.14. The molecule has 0 fully saturated rings. The summed E-state index contributed by atoms with van der Waals surface area (Å²) in [5.74, 6) is -0.596. The number of nitro groups is 1. The third kappa shape index (κ3) is 4.97. The van der Waals surface area contributed by atoms with Crippen LogP contribution in [0.2, 0.25) is 0 Å². The fourth-order valence-corrected chi connectivity index (χ4v) is 3.41. The van der Waals surface area contributed by atoms with Crippen LogP contribution in [0.25, 0.3) is 0 Å². The van der Waals surface area contributed by atoms with E-state index in [1.807, 2.05) is 19.9 Å². The van der Waals surface area contributed by atoms with E-state index in [9.17, 15) is 19.7 Å². The minimum absolute atomic E-state index is 0.140. The van der Waals surface area contributed by atoms with Gasteiger partial charge in [0.15, 0.2) is 10.8 Å². The van der Waals surface area contributed by atoms with Gasteiger partial charge in [-0.25, -0.2) is 0 Å². The van der Waals surface area contributed by atoms with Crippen LogP contribution in [0.5, 0.6) is 0 Å². The minimum Gasteiger partial charge on any atom is -0.372 e. The Bertz CT molecular complexity index is 934. The van der Waals surface area contributed by atoms with Crippen LogP contribution in [0.1, 0.15) is 38.1 Å². The molecule has 1 heterocycles. The molecule has 0 aliphatic carbocycles. The highest BCUT2D eigenvalue weighted by atomic mass is 32.1. The van der Waals surface area contributed by atoms with Crippen molar-refractivity contribution >= 4 is 50.1 Å². The smallest absolute Gasteiger partial charge is 0.326 e. The van der Waals surface area contributed by atoms with Crippen LogP contribution >= 0.6 is 11.3 Å². The SMILES string of the molecule is CCN(CC)c1ccc(/N=N/c2sc([N+](=O)[O-])cc2C(C)=O)c(NC(C)=O)c1. The summed E-state index contributed by atoms with van der Waals surface area (Å²) in [5, 5.41) is 21.8.